The summed E-state index contributed by atoms with van der Waals surface area (Å²) in [6.45, 7) is 0. The number of aromatic nitrogens is 2. The molecule has 1 heterocycles. The first kappa shape index (κ1) is 18.4. The van der Waals surface area contributed by atoms with Gasteiger partial charge < -0.3 is 5.32 Å². The van der Waals surface area contributed by atoms with Crippen molar-refractivity contribution < 1.29 is 18.0 Å². The summed E-state index contributed by atoms with van der Waals surface area (Å²) in [6, 6.07) is 14.2. The average Bonchev–Trinajstić information content (AvgIpc) is 2.62. The molecule has 138 valence electrons. The first-order valence-corrected chi connectivity index (χ1v) is 7.93. The van der Waals surface area contributed by atoms with E-state index >= 15 is 0 Å². The Morgan fingerprint density at radius 3 is 2.41 bits per heavy atom. The van der Waals surface area contributed by atoms with E-state index in [1.165, 1.54) is 18.2 Å². The van der Waals surface area contributed by atoms with Crippen molar-refractivity contribution in [3.05, 3.63) is 82.1 Å². The Kier molecular flexibility index (Phi) is 5.07. The number of alkyl halides is 3. The second-order valence-electron chi connectivity index (χ2n) is 5.81. The zero-order valence-electron chi connectivity index (χ0n) is 13.9. The third kappa shape index (κ3) is 4.81. The molecule has 0 saturated heterocycles. The van der Waals surface area contributed by atoms with E-state index in [2.05, 4.69) is 15.5 Å². The van der Waals surface area contributed by atoms with E-state index in [1.54, 1.807) is 30.3 Å². The van der Waals surface area contributed by atoms with E-state index in [-0.39, 0.29) is 17.9 Å². The van der Waals surface area contributed by atoms with Crippen LogP contribution >= 0.6 is 0 Å². The molecule has 0 radical (unpaired) electrons. The molecule has 27 heavy (non-hydrogen) atoms. The van der Waals surface area contributed by atoms with Crippen LogP contribution in [-0.4, -0.2) is 16.1 Å². The Balaban J connectivity index is 1.68. The monoisotopic (exact) mass is 373 g/mol. The molecule has 8 heteroatoms. The number of carbonyl (C=O) groups is 1. The second kappa shape index (κ2) is 7.45. The standard InChI is InChI=1S/C19H14F3N3O2/c20-19(21,22)14-6-4-12(5-7-14)10-18(27)23-15-3-1-2-13(11-15)16-8-9-17(26)25-24-16/h1-9,11H,10H2,(H,23,27)(H,25,26). The van der Waals surface area contributed by atoms with Crippen LogP contribution in [0, 0.1) is 0 Å². The molecule has 0 fully saturated rings. The van der Waals surface area contributed by atoms with Crippen molar-refractivity contribution in [2.45, 2.75) is 12.6 Å². The van der Waals surface area contributed by atoms with Crippen LogP contribution < -0.4 is 10.9 Å². The number of nitrogens with zero attached hydrogens (tertiary/aromatic N) is 1. The van der Waals surface area contributed by atoms with Gasteiger partial charge >= 0.3 is 6.18 Å². The van der Waals surface area contributed by atoms with Crippen LogP contribution in [0.2, 0.25) is 0 Å². The zero-order chi connectivity index (χ0) is 19.4. The molecule has 0 spiro atoms. The maximum absolute atomic E-state index is 12.6. The summed E-state index contributed by atoms with van der Waals surface area (Å²) < 4.78 is 37.7. The number of hydrogen-bond donors (Lipinski definition) is 2. The number of carbonyl (C=O) groups excluding carboxylic acids is 1. The van der Waals surface area contributed by atoms with E-state index in [1.807, 2.05) is 0 Å². The summed E-state index contributed by atoms with van der Waals surface area (Å²) >= 11 is 0. The Morgan fingerprint density at radius 1 is 1.04 bits per heavy atom. The largest absolute Gasteiger partial charge is 0.416 e. The van der Waals surface area contributed by atoms with Gasteiger partial charge in [-0.15, -0.1) is 0 Å². The van der Waals surface area contributed by atoms with Gasteiger partial charge in [0.15, 0.2) is 0 Å². The van der Waals surface area contributed by atoms with Gasteiger partial charge in [0.2, 0.25) is 5.91 Å². The number of nitrogens with one attached hydrogen (secondary N) is 2. The third-order valence-electron chi connectivity index (χ3n) is 3.77. The SMILES string of the molecule is O=C(Cc1ccc(C(F)(F)F)cc1)Nc1cccc(-c2ccc(=O)[nH]n2)c1. The Bertz CT molecular complexity index is 991. The van der Waals surface area contributed by atoms with Gasteiger partial charge in [-0.05, 0) is 35.9 Å². The van der Waals surface area contributed by atoms with Crippen LogP contribution in [0.3, 0.4) is 0 Å². The fraction of sp³-hybridized carbons (Fsp3) is 0.105. The molecule has 3 rings (SSSR count). The van der Waals surface area contributed by atoms with E-state index in [9.17, 15) is 22.8 Å². The van der Waals surface area contributed by atoms with Gasteiger partial charge in [0, 0.05) is 17.3 Å². The molecular weight excluding hydrogens is 359 g/mol. The van der Waals surface area contributed by atoms with Gasteiger partial charge in [-0.2, -0.15) is 18.3 Å². The Morgan fingerprint density at radius 2 is 1.78 bits per heavy atom. The van der Waals surface area contributed by atoms with Gasteiger partial charge in [-0.3, -0.25) is 9.59 Å². The predicted molar refractivity (Wildman–Crippen MR) is 94.1 cm³/mol. The van der Waals surface area contributed by atoms with Crippen molar-refractivity contribution in [3.63, 3.8) is 0 Å². The molecule has 0 atom stereocenters. The molecule has 1 amide bonds. The van der Waals surface area contributed by atoms with Gasteiger partial charge in [-0.1, -0.05) is 24.3 Å². The second-order valence-corrected chi connectivity index (χ2v) is 5.81. The lowest BCUT2D eigenvalue weighted by Crippen LogP contribution is -2.14. The van der Waals surface area contributed by atoms with Crippen LogP contribution in [0.4, 0.5) is 18.9 Å². The highest BCUT2D eigenvalue weighted by molar-refractivity contribution is 5.92. The number of anilines is 1. The van der Waals surface area contributed by atoms with Crippen LogP contribution in [0.5, 0.6) is 0 Å². The fourth-order valence-corrected chi connectivity index (χ4v) is 2.46. The highest BCUT2D eigenvalue weighted by atomic mass is 19.4. The van der Waals surface area contributed by atoms with Gasteiger partial charge in [0.05, 0.1) is 17.7 Å². The minimum absolute atomic E-state index is 0.0563. The lowest BCUT2D eigenvalue weighted by Gasteiger charge is -2.09. The average molecular weight is 373 g/mol. The van der Waals surface area contributed by atoms with Gasteiger partial charge in [0.1, 0.15) is 0 Å². The van der Waals surface area contributed by atoms with Crippen LogP contribution in [-0.2, 0) is 17.4 Å². The van der Waals surface area contributed by atoms with Crippen LogP contribution in [0.15, 0.2) is 65.5 Å². The Hall–Kier alpha value is -3.42. The molecule has 2 N–H and O–H groups in total. The molecule has 3 aromatic rings. The van der Waals surface area contributed by atoms with E-state index in [0.717, 1.165) is 12.1 Å². The normalized spacial score (nSPS) is 11.2. The molecule has 5 nitrogen and oxygen atoms in total. The minimum Gasteiger partial charge on any atom is -0.326 e. The smallest absolute Gasteiger partial charge is 0.326 e. The highest BCUT2D eigenvalue weighted by Gasteiger charge is 2.29. The lowest BCUT2D eigenvalue weighted by molar-refractivity contribution is -0.137. The number of H-pyrrole nitrogens is 1. The summed E-state index contributed by atoms with van der Waals surface area (Å²) in [5.41, 5.74) is 1.14. The number of hydrogen-bond acceptors (Lipinski definition) is 3. The number of rotatable bonds is 4. The Labute approximate surface area is 151 Å². The molecule has 0 unspecified atom stereocenters. The topological polar surface area (TPSA) is 74.8 Å². The maximum Gasteiger partial charge on any atom is 0.416 e. The van der Waals surface area contributed by atoms with Crippen LogP contribution in [0.1, 0.15) is 11.1 Å². The summed E-state index contributed by atoms with van der Waals surface area (Å²) in [6.07, 6.45) is -4.46. The number of halogens is 3. The zero-order valence-corrected chi connectivity index (χ0v) is 13.9. The first-order valence-electron chi connectivity index (χ1n) is 7.93. The molecule has 0 aliphatic rings. The summed E-state index contributed by atoms with van der Waals surface area (Å²) in [7, 11) is 0. The highest BCUT2D eigenvalue weighted by Crippen LogP contribution is 2.29. The number of amides is 1. The van der Waals surface area contributed by atoms with Crippen molar-refractivity contribution in [1.82, 2.24) is 10.2 Å². The van der Waals surface area contributed by atoms with Crippen molar-refractivity contribution in [1.29, 1.82) is 0 Å². The van der Waals surface area contributed by atoms with Gasteiger partial charge in [-0.25, -0.2) is 5.10 Å². The summed E-state index contributed by atoms with van der Waals surface area (Å²) in [4.78, 5) is 23.2. The van der Waals surface area contributed by atoms with E-state index in [4.69, 9.17) is 0 Å². The molecular formula is C19H14F3N3O2. The quantitative estimate of drug-likeness (QED) is 0.733. The van der Waals surface area contributed by atoms with Crippen molar-refractivity contribution in [2.24, 2.45) is 0 Å². The third-order valence-corrected chi connectivity index (χ3v) is 3.77. The van der Waals surface area contributed by atoms with Crippen molar-refractivity contribution >= 4 is 11.6 Å². The molecule has 2 aromatic carbocycles. The molecule has 0 aliphatic carbocycles. The first-order chi connectivity index (χ1) is 12.8. The summed E-state index contributed by atoms with van der Waals surface area (Å²) in [5.74, 6) is -0.360. The summed E-state index contributed by atoms with van der Waals surface area (Å²) in [5, 5.41) is 8.95. The minimum atomic E-state index is -4.41. The molecule has 0 saturated carbocycles. The molecule has 0 bridgehead atoms. The maximum atomic E-state index is 12.6. The van der Waals surface area contributed by atoms with Crippen molar-refractivity contribution in [2.75, 3.05) is 5.32 Å². The number of aromatic amines is 1. The predicted octanol–water partition coefficient (Wildman–Crippen LogP) is 3.64. The van der Waals surface area contributed by atoms with Crippen molar-refractivity contribution in [3.8, 4) is 11.3 Å². The van der Waals surface area contributed by atoms with E-state index in [0.29, 0.717) is 22.5 Å². The van der Waals surface area contributed by atoms with E-state index < -0.39 is 11.7 Å². The van der Waals surface area contributed by atoms with Gasteiger partial charge in [0.25, 0.3) is 5.56 Å². The molecule has 1 aromatic heterocycles. The fourth-order valence-electron chi connectivity index (χ4n) is 2.46. The lowest BCUT2D eigenvalue weighted by atomic mass is 10.1. The number of benzene rings is 2. The molecule has 0 aliphatic heterocycles. The van der Waals surface area contributed by atoms with Crippen LogP contribution in [0.25, 0.3) is 11.3 Å².